The lowest BCUT2D eigenvalue weighted by Gasteiger charge is -2.16. The second-order valence-corrected chi connectivity index (χ2v) is 8.27. The van der Waals surface area contributed by atoms with Gasteiger partial charge in [0.2, 0.25) is 0 Å². The van der Waals surface area contributed by atoms with E-state index in [1.807, 2.05) is 50.2 Å². The number of ether oxygens (including phenoxy) is 1. The van der Waals surface area contributed by atoms with E-state index in [0.29, 0.717) is 23.4 Å². The van der Waals surface area contributed by atoms with Crippen LogP contribution in [0.25, 0.3) is 11.1 Å². The molecule has 0 aliphatic carbocycles. The maximum absolute atomic E-state index is 13.1. The number of aromatic nitrogens is 1. The highest BCUT2D eigenvalue weighted by molar-refractivity contribution is 6.30. The van der Waals surface area contributed by atoms with E-state index in [9.17, 15) is 9.59 Å². The second kappa shape index (κ2) is 11.1. The lowest BCUT2D eigenvalue weighted by molar-refractivity contribution is 0.0950. The Morgan fingerprint density at radius 1 is 1.06 bits per heavy atom. The molecule has 6 nitrogen and oxygen atoms in total. The molecule has 0 aliphatic heterocycles. The number of nitrogens with one attached hydrogen (secondary N) is 3. The monoisotopic (exact) mass is 467 g/mol. The molecule has 0 unspecified atom stereocenters. The molecule has 3 N–H and O–H groups in total. The number of anilines is 1. The summed E-state index contributed by atoms with van der Waals surface area (Å²) in [5.74, 6) is 0.547. The van der Waals surface area contributed by atoms with Gasteiger partial charge in [-0.05, 0) is 68.1 Å². The Labute approximate surface area is 199 Å². The second-order valence-electron chi connectivity index (χ2n) is 7.89. The summed E-state index contributed by atoms with van der Waals surface area (Å²) in [5.41, 5.74) is 4.95. The van der Waals surface area contributed by atoms with E-state index in [1.165, 1.54) is 6.07 Å². The zero-order valence-corrected chi connectivity index (χ0v) is 20.2. The molecular weight excluding hydrogens is 438 g/mol. The van der Waals surface area contributed by atoms with Crippen LogP contribution in [0.1, 0.15) is 47.4 Å². The molecule has 1 heterocycles. The summed E-state index contributed by atoms with van der Waals surface area (Å²) in [6.45, 7) is 9.18. The van der Waals surface area contributed by atoms with Gasteiger partial charge in [-0.2, -0.15) is 0 Å². The highest BCUT2D eigenvalue weighted by atomic mass is 35.5. The number of halogens is 1. The fourth-order valence-corrected chi connectivity index (χ4v) is 3.87. The summed E-state index contributed by atoms with van der Waals surface area (Å²) in [5, 5.41) is 6.42. The predicted octanol–water partition coefficient (Wildman–Crippen LogP) is 5.46. The molecule has 174 valence electrons. The zero-order chi connectivity index (χ0) is 24.0. The van der Waals surface area contributed by atoms with Crippen LogP contribution in [-0.4, -0.2) is 24.0 Å². The van der Waals surface area contributed by atoms with Gasteiger partial charge in [0.15, 0.2) is 5.43 Å². The lowest BCUT2D eigenvalue weighted by Crippen LogP contribution is -2.27. The van der Waals surface area contributed by atoms with Crippen molar-refractivity contribution in [1.29, 1.82) is 0 Å². The number of aromatic amines is 1. The molecule has 33 heavy (non-hydrogen) atoms. The highest BCUT2D eigenvalue weighted by Gasteiger charge is 2.16. The van der Waals surface area contributed by atoms with Crippen molar-refractivity contribution in [1.82, 2.24) is 10.3 Å². The summed E-state index contributed by atoms with van der Waals surface area (Å²) >= 11 is 6.18. The van der Waals surface area contributed by atoms with E-state index in [0.717, 1.165) is 41.1 Å². The molecule has 0 saturated heterocycles. The Balaban J connectivity index is 1.90. The van der Waals surface area contributed by atoms with E-state index < -0.39 is 0 Å². The van der Waals surface area contributed by atoms with Crippen molar-refractivity contribution in [3.8, 4) is 16.9 Å². The SMILES string of the molecule is CCCOc1ccc(-c2cc(NCC)c(C)c(C(=O)NCc3c(Cl)[nH]c(C)cc3=O)c2)cc1. The Kier molecular flexibility index (Phi) is 8.17. The van der Waals surface area contributed by atoms with Crippen LogP contribution >= 0.6 is 11.6 Å². The van der Waals surface area contributed by atoms with Gasteiger partial charge in [0.25, 0.3) is 5.91 Å². The standard InChI is InChI=1S/C26H30ClN3O3/c1-5-11-33-20-9-7-18(8-10-20)19-13-21(17(4)23(14-19)28-6-2)26(32)29-15-22-24(31)12-16(3)30-25(22)27/h7-10,12-14,28H,5-6,11,15H2,1-4H3,(H,29,32)(H,30,31). The van der Waals surface area contributed by atoms with Crippen LogP contribution in [0.3, 0.4) is 0 Å². The van der Waals surface area contributed by atoms with E-state index >= 15 is 0 Å². The number of H-pyrrole nitrogens is 1. The summed E-state index contributed by atoms with van der Waals surface area (Å²) in [6, 6.07) is 13.2. The molecule has 2 aromatic carbocycles. The van der Waals surface area contributed by atoms with E-state index in [2.05, 4.69) is 22.5 Å². The number of amides is 1. The van der Waals surface area contributed by atoms with Crippen molar-refractivity contribution in [3.05, 3.63) is 80.2 Å². The number of benzene rings is 2. The lowest BCUT2D eigenvalue weighted by atomic mass is 9.97. The average Bonchev–Trinajstić information content (AvgIpc) is 2.78. The fraction of sp³-hybridized carbons (Fsp3) is 0.308. The van der Waals surface area contributed by atoms with Crippen LogP contribution in [-0.2, 0) is 6.54 Å². The van der Waals surface area contributed by atoms with Crippen LogP contribution in [0.15, 0.2) is 47.3 Å². The minimum atomic E-state index is -0.271. The smallest absolute Gasteiger partial charge is 0.251 e. The van der Waals surface area contributed by atoms with Crippen LogP contribution < -0.4 is 20.8 Å². The number of hydrogen-bond acceptors (Lipinski definition) is 4. The van der Waals surface area contributed by atoms with Gasteiger partial charge < -0.3 is 20.4 Å². The minimum Gasteiger partial charge on any atom is -0.494 e. The van der Waals surface area contributed by atoms with Gasteiger partial charge in [-0.15, -0.1) is 0 Å². The van der Waals surface area contributed by atoms with E-state index in [-0.39, 0.29) is 23.0 Å². The largest absolute Gasteiger partial charge is 0.494 e. The van der Waals surface area contributed by atoms with Gasteiger partial charge >= 0.3 is 0 Å². The highest BCUT2D eigenvalue weighted by Crippen LogP contribution is 2.30. The van der Waals surface area contributed by atoms with Gasteiger partial charge in [0.05, 0.1) is 12.2 Å². The number of pyridine rings is 1. The number of carbonyl (C=O) groups is 1. The van der Waals surface area contributed by atoms with Gasteiger partial charge in [-0.3, -0.25) is 9.59 Å². The van der Waals surface area contributed by atoms with Crippen molar-refractivity contribution in [2.45, 2.75) is 40.7 Å². The van der Waals surface area contributed by atoms with Crippen molar-refractivity contribution in [2.24, 2.45) is 0 Å². The third kappa shape index (κ3) is 5.96. The van der Waals surface area contributed by atoms with Crippen LogP contribution in [0.4, 0.5) is 5.69 Å². The summed E-state index contributed by atoms with van der Waals surface area (Å²) in [7, 11) is 0. The zero-order valence-electron chi connectivity index (χ0n) is 19.5. The third-order valence-corrected chi connectivity index (χ3v) is 5.65. The molecule has 0 atom stereocenters. The maximum Gasteiger partial charge on any atom is 0.251 e. The molecule has 0 spiro atoms. The summed E-state index contributed by atoms with van der Waals surface area (Å²) in [6.07, 6.45) is 0.948. The van der Waals surface area contributed by atoms with Gasteiger partial charge in [0, 0.05) is 36.1 Å². The molecule has 0 bridgehead atoms. The number of aryl methyl sites for hydroxylation is 1. The molecule has 7 heteroatoms. The maximum atomic E-state index is 13.1. The quantitative estimate of drug-likeness (QED) is 0.365. The van der Waals surface area contributed by atoms with Crippen molar-refractivity contribution in [3.63, 3.8) is 0 Å². The minimum absolute atomic E-state index is 0.0386. The van der Waals surface area contributed by atoms with E-state index in [4.69, 9.17) is 16.3 Å². The third-order valence-electron chi connectivity index (χ3n) is 5.32. The molecule has 3 rings (SSSR count). The van der Waals surface area contributed by atoms with Crippen LogP contribution in [0.5, 0.6) is 5.75 Å². The predicted molar refractivity (Wildman–Crippen MR) is 135 cm³/mol. The first-order valence-electron chi connectivity index (χ1n) is 11.1. The van der Waals surface area contributed by atoms with Crippen LogP contribution in [0.2, 0.25) is 5.15 Å². The average molecular weight is 468 g/mol. The van der Waals surface area contributed by atoms with E-state index in [1.54, 1.807) is 6.92 Å². The molecule has 0 fully saturated rings. The summed E-state index contributed by atoms with van der Waals surface area (Å²) < 4.78 is 5.67. The molecule has 1 aromatic heterocycles. The molecule has 1 amide bonds. The van der Waals surface area contributed by atoms with Crippen LogP contribution in [0, 0.1) is 13.8 Å². The Morgan fingerprint density at radius 2 is 1.79 bits per heavy atom. The van der Waals surface area contributed by atoms with Gasteiger partial charge in [-0.1, -0.05) is 30.7 Å². The first-order valence-corrected chi connectivity index (χ1v) is 11.5. The van der Waals surface area contributed by atoms with Crippen molar-refractivity contribution in [2.75, 3.05) is 18.5 Å². The van der Waals surface area contributed by atoms with Crippen molar-refractivity contribution >= 4 is 23.2 Å². The first kappa shape index (κ1) is 24.4. The fourth-order valence-electron chi connectivity index (χ4n) is 3.56. The number of hydrogen-bond donors (Lipinski definition) is 3. The molecule has 0 radical (unpaired) electrons. The van der Waals surface area contributed by atoms with Gasteiger partial charge in [0.1, 0.15) is 10.9 Å². The normalized spacial score (nSPS) is 10.7. The summed E-state index contributed by atoms with van der Waals surface area (Å²) in [4.78, 5) is 28.3. The Hall–Kier alpha value is -3.25. The van der Waals surface area contributed by atoms with Gasteiger partial charge in [-0.25, -0.2) is 0 Å². The molecule has 3 aromatic rings. The molecule has 0 aliphatic rings. The van der Waals surface area contributed by atoms with Crippen molar-refractivity contribution < 1.29 is 9.53 Å². The Bertz CT molecular complexity index is 1190. The molecular formula is C26H30ClN3O3. The first-order chi connectivity index (χ1) is 15.8. The molecule has 0 saturated carbocycles. The number of rotatable bonds is 9. The topological polar surface area (TPSA) is 83.2 Å². The number of carbonyl (C=O) groups excluding carboxylic acids is 1. The Morgan fingerprint density at radius 3 is 2.42 bits per heavy atom.